The fourth-order valence-corrected chi connectivity index (χ4v) is 4.34. The van der Waals surface area contributed by atoms with E-state index in [9.17, 15) is 22.8 Å². The van der Waals surface area contributed by atoms with Crippen molar-refractivity contribution in [2.45, 2.75) is 25.1 Å². The van der Waals surface area contributed by atoms with Gasteiger partial charge in [-0.1, -0.05) is 18.3 Å². The lowest BCUT2D eigenvalue weighted by molar-refractivity contribution is -0.140. The fourth-order valence-electron chi connectivity index (χ4n) is 2.86. The maximum Gasteiger partial charge on any atom is 0.256 e. The van der Waals surface area contributed by atoms with Gasteiger partial charge in [-0.05, 0) is 18.9 Å². The third-order valence-corrected chi connectivity index (χ3v) is 5.43. The minimum atomic E-state index is -2.72. The smallest absolute Gasteiger partial charge is 0.256 e. The lowest BCUT2D eigenvalue weighted by atomic mass is 9.95. The standard InChI is InChI=1S/C14H18F3N3O2S/c1-7-10-13(22)20(6-9(16)17)8(2)19(5-3-4-15)14(10)23-11(7)12(18)21/h9-10,14H,2-6H2,1H3,(H2,18,21). The molecule has 0 aromatic heterocycles. The quantitative estimate of drug-likeness (QED) is 0.792. The molecule has 23 heavy (non-hydrogen) atoms. The summed E-state index contributed by atoms with van der Waals surface area (Å²) in [6.45, 7) is 4.17. The van der Waals surface area contributed by atoms with Gasteiger partial charge in [0, 0.05) is 6.54 Å². The predicted molar refractivity (Wildman–Crippen MR) is 80.9 cm³/mol. The van der Waals surface area contributed by atoms with E-state index in [-0.39, 0.29) is 23.7 Å². The first-order chi connectivity index (χ1) is 10.8. The first-order valence-electron chi connectivity index (χ1n) is 7.07. The van der Waals surface area contributed by atoms with Gasteiger partial charge < -0.3 is 10.6 Å². The highest BCUT2D eigenvalue weighted by Gasteiger charge is 2.50. The fraction of sp³-hybridized carbons (Fsp3) is 0.571. The predicted octanol–water partition coefficient (Wildman–Crippen LogP) is 1.67. The number of hydrogen-bond acceptors (Lipinski definition) is 4. The van der Waals surface area contributed by atoms with E-state index in [1.807, 2.05) is 0 Å². The second kappa shape index (κ2) is 6.86. The number of alkyl halides is 3. The van der Waals surface area contributed by atoms with Crippen LogP contribution in [0.5, 0.6) is 0 Å². The van der Waals surface area contributed by atoms with Gasteiger partial charge in [0.2, 0.25) is 5.91 Å². The molecular weight excluding hydrogens is 331 g/mol. The van der Waals surface area contributed by atoms with Crippen LogP contribution in [0.3, 0.4) is 0 Å². The molecule has 2 amide bonds. The Bertz CT molecular complexity index is 567. The van der Waals surface area contributed by atoms with E-state index in [1.54, 1.807) is 11.8 Å². The first-order valence-corrected chi connectivity index (χ1v) is 7.95. The average molecular weight is 349 g/mol. The number of nitrogens with two attached hydrogens (primary N) is 1. The Morgan fingerprint density at radius 2 is 2.13 bits per heavy atom. The van der Waals surface area contributed by atoms with Crippen LogP contribution in [-0.4, -0.2) is 53.2 Å². The van der Waals surface area contributed by atoms with Gasteiger partial charge in [0.25, 0.3) is 12.3 Å². The molecule has 1 saturated heterocycles. The van der Waals surface area contributed by atoms with E-state index < -0.39 is 42.8 Å². The van der Waals surface area contributed by atoms with Crippen LogP contribution in [0.2, 0.25) is 0 Å². The zero-order chi connectivity index (χ0) is 17.3. The van der Waals surface area contributed by atoms with Gasteiger partial charge >= 0.3 is 0 Å². The Labute approximate surface area is 136 Å². The summed E-state index contributed by atoms with van der Waals surface area (Å²) in [6, 6.07) is 0. The Kier molecular flexibility index (Phi) is 5.28. The second-order valence-corrected chi connectivity index (χ2v) is 6.48. The topological polar surface area (TPSA) is 66.6 Å². The molecule has 0 radical (unpaired) electrons. The maximum atomic E-state index is 12.8. The molecule has 128 valence electrons. The Morgan fingerprint density at radius 1 is 1.48 bits per heavy atom. The second-order valence-electron chi connectivity index (χ2n) is 5.35. The van der Waals surface area contributed by atoms with Gasteiger partial charge in [0.15, 0.2) is 0 Å². The van der Waals surface area contributed by atoms with Crippen molar-refractivity contribution < 1.29 is 22.8 Å². The largest absolute Gasteiger partial charge is 0.365 e. The maximum absolute atomic E-state index is 12.8. The number of halogens is 3. The van der Waals surface area contributed by atoms with Crippen LogP contribution in [0.15, 0.2) is 22.9 Å². The van der Waals surface area contributed by atoms with Gasteiger partial charge in [0.05, 0.1) is 29.4 Å². The highest BCUT2D eigenvalue weighted by Crippen LogP contribution is 2.48. The third-order valence-electron chi connectivity index (χ3n) is 3.91. The minimum Gasteiger partial charge on any atom is -0.365 e. The molecule has 0 aromatic rings. The van der Waals surface area contributed by atoms with Crippen molar-refractivity contribution in [2.24, 2.45) is 11.7 Å². The molecule has 2 heterocycles. The number of thioether (sulfide) groups is 1. The van der Waals surface area contributed by atoms with E-state index in [1.165, 1.54) is 0 Å². The summed E-state index contributed by atoms with van der Waals surface area (Å²) in [5.41, 5.74) is 5.79. The zero-order valence-corrected chi connectivity index (χ0v) is 13.4. The van der Waals surface area contributed by atoms with E-state index in [4.69, 9.17) is 5.73 Å². The molecule has 0 aromatic carbocycles. The van der Waals surface area contributed by atoms with Gasteiger partial charge in [-0.25, -0.2) is 8.78 Å². The number of primary amides is 1. The summed E-state index contributed by atoms with van der Waals surface area (Å²) < 4.78 is 38.1. The van der Waals surface area contributed by atoms with Crippen molar-refractivity contribution in [2.75, 3.05) is 19.8 Å². The molecule has 2 aliphatic rings. The first kappa shape index (κ1) is 17.7. The van der Waals surface area contributed by atoms with Crippen molar-refractivity contribution in [3.63, 3.8) is 0 Å². The molecule has 0 aliphatic carbocycles. The van der Waals surface area contributed by atoms with Crippen molar-refractivity contribution in [3.05, 3.63) is 22.9 Å². The highest BCUT2D eigenvalue weighted by atomic mass is 32.2. The van der Waals surface area contributed by atoms with Crippen LogP contribution >= 0.6 is 11.8 Å². The van der Waals surface area contributed by atoms with Crippen LogP contribution < -0.4 is 5.73 Å². The monoisotopic (exact) mass is 349 g/mol. The zero-order valence-electron chi connectivity index (χ0n) is 12.6. The molecule has 1 fully saturated rings. The van der Waals surface area contributed by atoms with Crippen molar-refractivity contribution >= 4 is 23.6 Å². The molecular formula is C14H18F3N3O2S. The molecule has 2 N–H and O–H groups in total. The summed E-state index contributed by atoms with van der Waals surface area (Å²) in [7, 11) is 0. The summed E-state index contributed by atoms with van der Waals surface area (Å²) in [5, 5.41) is -0.502. The molecule has 0 spiro atoms. The number of carbonyl (C=O) groups excluding carboxylic acids is 2. The van der Waals surface area contributed by atoms with Gasteiger partial charge in [0.1, 0.15) is 5.82 Å². The van der Waals surface area contributed by atoms with E-state index >= 15 is 0 Å². The Morgan fingerprint density at radius 3 is 2.65 bits per heavy atom. The molecule has 2 aliphatic heterocycles. The lowest BCUT2D eigenvalue weighted by Gasteiger charge is -2.45. The Balaban J connectivity index is 2.38. The third kappa shape index (κ3) is 3.19. The van der Waals surface area contributed by atoms with Crippen molar-refractivity contribution in [3.8, 4) is 0 Å². The minimum absolute atomic E-state index is 0.107. The van der Waals surface area contributed by atoms with Crippen LogP contribution in [0.4, 0.5) is 13.2 Å². The molecule has 0 saturated carbocycles. The summed E-state index contributed by atoms with van der Waals surface area (Å²) in [4.78, 5) is 26.9. The number of amides is 2. The molecule has 9 heteroatoms. The number of nitrogens with zero attached hydrogens (tertiary/aromatic N) is 2. The van der Waals surface area contributed by atoms with E-state index in [2.05, 4.69) is 6.58 Å². The van der Waals surface area contributed by atoms with Crippen LogP contribution in [-0.2, 0) is 9.59 Å². The summed E-state index contributed by atoms with van der Waals surface area (Å²) >= 11 is 1.11. The van der Waals surface area contributed by atoms with Crippen LogP contribution in [0.1, 0.15) is 13.3 Å². The number of fused-ring (bicyclic) bond motifs is 1. The van der Waals surface area contributed by atoms with Gasteiger partial charge in [-0.3, -0.25) is 18.9 Å². The van der Waals surface area contributed by atoms with Crippen molar-refractivity contribution in [1.82, 2.24) is 9.80 Å². The summed E-state index contributed by atoms with van der Waals surface area (Å²) in [5.74, 6) is -1.84. The number of hydrogen-bond donors (Lipinski definition) is 1. The number of rotatable bonds is 6. The molecule has 0 bridgehead atoms. The number of carbonyl (C=O) groups is 2. The van der Waals surface area contributed by atoms with Gasteiger partial charge in [-0.2, -0.15) is 0 Å². The van der Waals surface area contributed by atoms with E-state index in [0.717, 1.165) is 16.7 Å². The van der Waals surface area contributed by atoms with Crippen LogP contribution in [0.25, 0.3) is 0 Å². The normalized spacial score (nSPS) is 24.7. The van der Waals surface area contributed by atoms with Crippen molar-refractivity contribution in [1.29, 1.82) is 0 Å². The average Bonchev–Trinajstić information content (AvgIpc) is 2.81. The molecule has 2 unspecified atom stereocenters. The summed E-state index contributed by atoms with van der Waals surface area (Å²) in [6.07, 6.45) is -2.55. The lowest BCUT2D eigenvalue weighted by Crippen LogP contribution is -2.55. The molecule has 5 nitrogen and oxygen atoms in total. The Hall–Kier alpha value is -1.64. The molecule has 2 atom stereocenters. The molecule has 2 rings (SSSR count). The van der Waals surface area contributed by atoms with Crippen LogP contribution in [0, 0.1) is 5.92 Å². The van der Waals surface area contributed by atoms with E-state index in [0.29, 0.717) is 5.57 Å². The SMILES string of the molecule is C=C1N(CC(F)F)C(=O)C2C(C)=C(C(N)=O)SC2N1CCCF. The highest BCUT2D eigenvalue weighted by molar-refractivity contribution is 8.04. The van der Waals surface area contributed by atoms with Gasteiger partial charge in [-0.15, -0.1) is 0 Å².